The first kappa shape index (κ1) is 14.4. The minimum absolute atomic E-state index is 0.235. The number of amides is 2. The Labute approximate surface area is 117 Å². The molecule has 20 heavy (non-hydrogen) atoms. The number of nitrogens with one attached hydrogen (secondary N) is 2. The smallest absolute Gasteiger partial charge is 0.318 e. The second-order valence-corrected chi connectivity index (χ2v) is 5.54. The molecule has 0 spiro atoms. The maximum Gasteiger partial charge on any atom is 0.318 e. The van der Waals surface area contributed by atoms with E-state index in [1.807, 2.05) is 6.92 Å². The summed E-state index contributed by atoms with van der Waals surface area (Å²) in [5.74, 6) is -0.176. The van der Waals surface area contributed by atoms with Gasteiger partial charge in [0.15, 0.2) is 0 Å². The highest BCUT2D eigenvalue weighted by atomic mass is 16.4. The number of rotatable bonds is 3. The third-order valence-electron chi connectivity index (χ3n) is 3.77. The van der Waals surface area contributed by atoms with Crippen LogP contribution in [0.1, 0.15) is 38.6 Å². The molecule has 7 nitrogen and oxygen atoms in total. The normalized spacial score (nSPS) is 24.2. The van der Waals surface area contributed by atoms with Gasteiger partial charge in [0.05, 0.1) is 11.5 Å². The fraction of sp³-hybridized carbons (Fsp3) is 0.615. The topological polar surface area (TPSA) is 98.3 Å². The van der Waals surface area contributed by atoms with Gasteiger partial charge in [0.25, 0.3) is 0 Å². The average molecular weight is 280 g/mol. The lowest BCUT2D eigenvalue weighted by Crippen LogP contribution is -2.51. The Morgan fingerprint density at radius 1 is 1.60 bits per heavy atom. The number of carbonyl (C=O) groups is 2. The number of hydrogen-bond donors (Lipinski definition) is 3. The van der Waals surface area contributed by atoms with E-state index in [1.54, 1.807) is 24.2 Å². The summed E-state index contributed by atoms with van der Waals surface area (Å²) < 4.78 is 0. The van der Waals surface area contributed by atoms with Crippen molar-refractivity contribution in [2.24, 2.45) is 5.41 Å². The molecule has 1 aliphatic heterocycles. The summed E-state index contributed by atoms with van der Waals surface area (Å²) in [5.41, 5.74) is -0.858. The van der Waals surface area contributed by atoms with Crippen molar-refractivity contribution in [1.82, 2.24) is 20.2 Å². The summed E-state index contributed by atoms with van der Waals surface area (Å²) in [6.07, 6.45) is 4.62. The van der Waals surface area contributed by atoms with E-state index in [9.17, 15) is 14.7 Å². The summed E-state index contributed by atoms with van der Waals surface area (Å²) in [4.78, 5) is 32.1. The van der Waals surface area contributed by atoms with Crippen LogP contribution >= 0.6 is 0 Å². The van der Waals surface area contributed by atoms with Crippen LogP contribution in [0.2, 0.25) is 0 Å². The van der Waals surface area contributed by atoms with Gasteiger partial charge in [0.1, 0.15) is 5.82 Å². The van der Waals surface area contributed by atoms with E-state index in [0.717, 1.165) is 0 Å². The van der Waals surface area contributed by atoms with Crippen molar-refractivity contribution >= 4 is 12.0 Å². The van der Waals surface area contributed by atoms with Crippen molar-refractivity contribution < 1.29 is 14.7 Å². The van der Waals surface area contributed by atoms with E-state index in [2.05, 4.69) is 15.3 Å². The summed E-state index contributed by atoms with van der Waals surface area (Å²) in [6, 6.07) is -0.489. The molecule has 7 heteroatoms. The number of nitrogens with zero attached hydrogens (tertiary/aromatic N) is 2. The lowest BCUT2D eigenvalue weighted by atomic mass is 9.82. The fourth-order valence-corrected chi connectivity index (χ4v) is 2.45. The lowest BCUT2D eigenvalue weighted by molar-refractivity contribution is -0.150. The van der Waals surface area contributed by atoms with E-state index in [1.165, 1.54) is 0 Å². The molecule has 2 unspecified atom stereocenters. The zero-order valence-electron chi connectivity index (χ0n) is 11.7. The van der Waals surface area contributed by atoms with Crippen molar-refractivity contribution in [2.45, 2.75) is 32.7 Å². The molecule has 0 bridgehead atoms. The molecule has 0 aromatic carbocycles. The molecule has 1 aromatic rings. The van der Waals surface area contributed by atoms with Crippen molar-refractivity contribution in [3.63, 3.8) is 0 Å². The fourth-order valence-electron chi connectivity index (χ4n) is 2.45. The Balaban J connectivity index is 1.97. The first-order valence-electron chi connectivity index (χ1n) is 6.70. The van der Waals surface area contributed by atoms with Gasteiger partial charge >= 0.3 is 12.0 Å². The molecule has 1 aromatic heterocycles. The molecule has 1 fully saturated rings. The van der Waals surface area contributed by atoms with Gasteiger partial charge in [-0.1, -0.05) is 0 Å². The Hall–Kier alpha value is -2.05. The zero-order valence-corrected chi connectivity index (χ0v) is 11.7. The molecule has 2 amide bonds. The number of hydrogen-bond acceptors (Lipinski definition) is 3. The molecule has 2 atom stereocenters. The third-order valence-corrected chi connectivity index (χ3v) is 3.77. The predicted octanol–water partition coefficient (Wildman–Crippen LogP) is 1.37. The number of H-pyrrole nitrogens is 1. The first-order valence-corrected chi connectivity index (χ1v) is 6.70. The number of carbonyl (C=O) groups excluding carboxylic acids is 1. The van der Waals surface area contributed by atoms with Gasteiger partial charge < -0.3 is 20.3 Å². The monoisotopic (exact) mass is 280 g/mol. The molecule has 110 valence electrons. The Kier molecular flexibility index (Phi) is 3.96. The molecule has 1 saturated heterocycles. The summed E-state index contributed by atoms with van der Waals surface area (Å²) in [7, 11) is 0. The quantitative estimate of drug-likeness (QED) is 0.778. The predicted molar refractivity (Wildman–Crippen MR) is 72.1 cm³/mol. The highest BCUT2D eigenvalue weighted by Crippen LogP contribution is 2.29. The number of carboxylic acid groups (broad SMARTS) is 1. The van der Waals surface area contributed by atoms with Gasteiger partial charge in [-0.2, -0.15) is 0 Å². The number of likely N-dealkylation sites (tertiary alicyclic amines) is 1. The molecular formula is C13H20N4O3. The number of piperidine rings is 1. The Morgan fingerprint density at radius 2 is 2.35 bits per heavy atom. The summed E-state index contributed by atoms with van der Waals surface area (Å²) in [6.45, 7) is 4.33. The van der Waals surface area contributed by atoms with Gasteiger partial charge in [0.2, 0.25) is 0 Å². The second kappa shape index (κ2) is 5.52. The number of carboxylic acids is 1. The van der Waals surface area contributed by atoms with Crippen LogP contribution in [-0.2, 0) is 4.79 Å². The summed E-state index contributed by atoms with van der Waals surface area (Å²) in [5, 5.41) is 12.1. The van der Waals surface area contributed by atoms with Crippen LogP contribution in [0.3, 0.4) is 0 Å². The van der Waals surface area contributed by atoms with Crippen LogP contribution in [0.5, 0.6) is 0 Å². The molecule has 0 aliphatic carbocycles. The SMILES string of the molecule is CC(NC(=O)N1CCCC(C)(C(=O)O)C1)c1ncc[nH]1. The standard InChI is InChI=1S/C13H20N4O3/c1-9(10-14-5-6-15-10)16-12(20)17-7-3-4-13(2,8-17)11(18)19/h5-6,9H,3-4,7-8H2,1-2H3,(H,14,15)(H,16,20)(H,18,19). The van der Waals surface area contributed by atoms with Crippen LogP contribution in [0.25, 0.3) is 0 Å². The molecule has 3 N–H and O–H groups in total. The Morgan fingerprint density at radius 3 is 2.95 bits per heavy atom. The van der Waals surface area contributed by atoms with Gasteiger partial charge in [0, 0.05) is 25.5 Å². The van der Waals surface area contributed by atoms with Crippen LogP contribution in [-0.4, -0.2) is 45.1 Å². The third kappa shape index (κ3) is 2.92. The van der Waals surface area contributed by atoms with Crippen LogP contribution in [0, 0.1) is 5.41 Å². The van der Waals surface area contributed by atoms with E-state index >= 15 is 0 Å². The van der Waals surface area contributed by atoms with E-state index < -0.39 is 11.4 Å². The van der Waals surface area contributed by atoms with Crippen molar-refractivity contribution in [3.05, 3.63) is 18.2 Å². The minimum atomic E-state index is -0.858. The average Bonchev–Trinajstić information content (AvgIpc) is 2.92. The van der Waals surface area contributed by atoms with Gasteiger partial charge in [-0.15, -0.1) is 0 Å². The minimum Gasteiger partial charge on any atom is -0.481 e. The second-order valence-electron chi connectivity index (χ2n) is 5.54. The number of urea groups is 1. The van der Waals surface area contributed by atoms with Crippen molar-refractivity contribution in [1.29, 1.82) is 0 Å². The zero-order chi connectivity index (χ0) is 14.8. The number of imidazole rings is 1. The van der Waals surface area contributed by atoms with Gasteiger partial charge in [-0.25, -0.2) is 9.78 Å². The molecule has 0 radical (unpaired) electrons. The van der Waals surface area contributed by atoms with Crippen LogP contribution in [0.4, 0.5) is 4.79 Å². The molecular weight excluding hydrogens is 260 g/mol. The van der Waals surface area contributed by atoms with Gasteiger partial charge in [-0.05, 0) is 26.7 Å². The largest absolute Gasteiger partial charge is 0.481 e. The highest BCUT2D eigenvalue weighted by molar-refractivity contribution is 5.78. The van der Waals surface area contributed by atoms with Crippen LogP contribution < -0.4 is 5.32 Å². The molecule has 2 rings (SSSR count). The lowest BCUT2D eigenvalue weighted by Gasteiger charge is -2.37. The summed E-state index contributed by atoms with van der Waals surface area (Å²) >= 11 is 0. The number of aliphatic carboxylic acids is 1. The number of aromatic amines is 1. The molecule has 0 saturated carbocycles. The van der Waals surface area contributed by atoms with Crippen molar-refractivity contribution in [2.75, 3.05) is 13.1 Å². The Bertz CT molecular complexity index is 488. The maximum atomic E-state index is 12.2. The number of aromatic nitrogens is 2. The molecule has 2 heterocycles. The van der Waals surface area contributed by atoms with E-state index in [0.29, 0.717) is 25.2 Å². The van der Waals surface area contributed by atoms with E-state index in [-0.39, 0.29) is 18.6 Å². The maximum absolute atomic E-state index is 12.2. The molecule has 1 aliphatic rings. The van der Waals surface area contributed by atoms with Gasteiger partial charge in [-0.3, -0.25) is 4.79 Å². The van der Waals surface area contributed by atoms with E-state index in [4.69, 9.17) is 0 Å². The van der Waals surface area contributed by atoms with Crippen LogP contribution in [0.15, 0.2) is 12.4 Å². The van der Waals surface area contributed by atoms with Crippen molar-refractivity contribution in [3.8, 4) is 0 Å². The highest BCUT2D eigenvalue weighted by Gasteiger charge is 2.39. The first-order chi connectivity index (χ1) is 9.42.